The highest BCUT2D eigenvalue weighted by molar-refractivity contribution is 5.71. The molecule has 0 radical (unpaired) electrons. The molecule has 0 saturated heterocycles. The van der Waals surface area contributed by atoms with Crippen molar-refractivity contribution in [3.63, 3.8) is 0 Å². The van der Waals surface area contributed by atoms with Crippen LogP contribution in [0.15, 0.2) is 48.7 Å². The lowest BCUT2D eigenvalue weighted by Gasteiger charge is -2.07. The normalized spacial score (nSPS) is 10.8. The van der Waals surface area contributed by atoms with Crippen LogP contribution >= 0.6 is 0 Å². The Labute approximate surface area is 118 Å². The van der Waals surface area contributed by atoms with Crippen LogP contribution in [0.4, 0.5) is 5.69 Å². The Kier molecular flexibility index (Phi) is 3.63. The molecule has 3 rings (SSSR count). The summed E-state index contributed by atoms with van der Waals surface area (Å²) in [4.78, 5) is 9.09. The van der Waals surface area contributed by atoms with E-state index in [2.05, 4.69) is 38.9 Å². The van der Waals surface area contributed by atoms with Crippen LogP contribution in [0.2, 0.25) is 0 Å². The fraction of sp³-hybridized carbons (Fsp3) is 0.250. The minimum atomic E-state index is 0.868. The van der Waals surface area contributed by atoms with Crippen molar-refractivity contribution in [3.05, 3.63) is 54.5 Å². The molecule has 1 aromatic carbocycles. The molecule has 3 aromatic rings. The third-order valence-electron chi connectivity index (χ3n) is 3.35. The zero-order valence-electron chi connectivity index (χ0n) is 11.6. The van der Waals surface area contributed by atoms with Gasteiger partial charge < -0.3 is 9.88 Å². The lowest BCUT2D eigenvalue weighted by Crippen LogP contribution is -2.10. The van der Waals surface area contributed by atoms with Gasteiger partial charge in [0.15, 0.2) is 5.65 Å². The Morgan fingerprint density at radius 2 is 1.95 bits per heavy atom. The van der Waals surface area contributed by atoms with E-state index >= 15 is 0 Å². The molecule has 0 aliphatic carbocycles. The Bertz CT molecular complexity index is 688. The first-order chi connectivity index (χ1) is 9.88. The predicted molar refractivity (Wildman–Crippen MR) is 81.8 cm³/mol. The lowest BCUT2D eigenvalue weighted by atomic mass is 10.3. The number of rotatable bonds is 5. The number of aromatic nitrogens is 3. The van der Waals surface area contributed by atoms with Gasteiger partial charge in [-0.05, 0) is 31.2 Å². The van der Waals surface area contributed by atoms with E-state index in [0.717, 1.165) is 42.2 Å². The predicted octanol–water partition coefficient (Wildman–Crippen LogP) is 3.11. The second-order valence-electron chi connectivity index (χ2n) is 4.66. The van der Waals surface area contributed by atoms with Crippen LogP contribution in [-0.4, -0.2) is 21.1 Å². The maximum Gasteiger partial charge on any atom is 0.159 e. The number of hydrogen-bond donors (Lipinski definition) is 1. The summed E-state index contributed by atoms with van der Waals surface area (Å²) in [6, 6.07) is 14.2. The van der Waals surface area contributed by atoms with Gasteiger partial charge in [-0.25, -0.2) is 9.97 Å². The highest BCUT2D eigenvalue weighted by atomic mass is 15.1. The molecule has 0 unspecified atom stereocenters. The lowest BCUT2D eigenvalue weighted by molar-refractivity contribution is 0.711. The van der Waals surface area contributed by atoms with Crippen LogP contribution < -0.4 is 5.32 Å². The van der Waals surface area contributed by atoms with Gasteiger partial charge in [0.25, 0.3) is 0 Å². The van der Waals surface area contributed by atoms with Crippen molar-refractivity contribution in [2.45, 2.75) is 19.9 Å². The summed E-state index contributed by atoms with van der Waals surface area (Å²) >= 11 is 0. The SMILES string of the molecule is CCn1c(CCNc2ccccc2)nc2cccnc21. The van der Waals surface area contributed by atoms with E-state index in [1.807, 2.05) is 36.5 Å². The first-order valence-electron chi connectivity index (χ1n) is 6.97. The molecule has 0 amide bonds. The van der Waals surface area contributed by atoms with Gasteiger partial charge in [0.05, 0.1) is 0 Å². The second kappa shape index (κ2) is 5.74. The summed E-state index contributed by atoms with van der Waals surface area (Å²) in [5.74, 6) is 1.09. The highest BCUT2D eigenvalue weighted by Crippen LogP contribution is 2.14. The molecular weight excluding hydrogens is 248 g/mol. The van der Waals surface area contributed by atoms with Crippen LogP contribution in [0.3, 0.4) is 0 Å². The van der Waals surface area contributed by atoms with Gasteiger partial charge in [0.1, 0.15) is 11.3 Å². The molecule has 0 spiro atoms. The molecule has 4 heteroatoms. The Balaban J connectivity index is 1.74. The smallest absolute Gasteiger partial charge is 0.159 e. The fourth-order valence-electron chi connectivity index (χ4n) is 2.40. The number of para-hydroxylation sites is 1. The fourth-order valence-corrected chi connectivity index (χ4v) is 2.40. The number of nitrogens with zero attached hydrogens (tertiary/aromatic N) is 3. The molecule has 0 fully saturated rings. The Morgan fingerprint density at radius 1 is 1.10 bits per heavy atom. The molecule has 2 aromatic heterocycles. The number of aryl methyl sites for hydroxylation is 1. The monoisotopic (exact) mass is 266 g/mol. The maximum atomic E-state index is 4.68. The molecule has 4 nitrogen and oxygen atoms in total. The van der Waals surface area contributed by atoms with E-state index in [1.165, 1.54) is 0 Å². The summed E-state index contributed by atoms with van der Waals surface area (Å²) in [7, 11) is 0. The van der Waals surface area contributed by atoms with Crippen molar-refractivity contribution in [2.24, 2.45) is 0 Å². The van der Waals surface area contributed by atoms with Crippen molar-refractivity contribution in [3.8, 4) is 0 Å². The topological polar surface area (TPSA) is 42.7 Å². The molecule has 102 valence electrons. The second-order valence-corrected chi connectivity index (χ2v) is 4.66. The van der Waals surface area contributed by atoms with Gasteiger partial charge in [-0.1, -0.05) is 18.2 Å². The van der Waals surface area contributed by atoms with E-state index in [1.54, 1.807) is 0 Å². The molecule has 0 saturated carbocycles. The van der Waals surface area contributed by atoms with Crippen molar-refractivity contribution < 1.29 is 0 Å². The van der Waals surface area contributed by atoms with Gasteiger partial charge in [0, 0.05) is 31.4 Å². The zero-order chi connectivity index (χ0) is 13.8. The standard InChI is InChI=1S/C16H18N4/c1-2-20-15(19-14-9-6-11-18-16(14)20)10-12-17-13-7-4-3-5-8-13/h3-9,11,17H,2,10,12H2,1H3. The first kappa shape index (κ1) is 12.7. The minimum absolute atomic E-state index is 0.868. The zero-order valence-corrected chi connectivity index (χ0v) is 11.6. The summed E-state index contributed by atoms with van der Waals surface area (Å²) in [6.45, 7) is 3.89. The molecule has 2 heterocycles. The van der Waals surface area contributed by atoms with Gasteiger partial charge in [-0.15, -0.1) is 0 Å². The number of benzene rings is 1. The average molecular weight is 266 g/mol. The van der Waals surface area contributed by atoms with Crippen molar-refractivity contribution in [1.29, 1.82) is 0 Å². The van der Waals surface area contributed by atoms with Gasteiger partial charge >= 0.3 is 0 Å². The first-order valence-corrected chi connectivity index (χ1v) is 6.97. The average Bonchev–Trinajstić information content (AvgIpc) is 2.86. The molecule has 1 N–H and O–H groups in total. The number of pyridine rings is 1. The Morgan fingerprint density at radius 3 is 2.75 bits per heavy atom. The summed E-state index contributed by atoms with van der Waals surface area (Å²) in [5, 5.41) is 3.42. The van der Waals surface area contributed by atoms with Gasteiger partial charge in [-0.2, -0.15) is 0 Å². The van der Waals surface area contributed by atoms with E-state index in [-0.39, 0.29) is 0 Å². The Hall–Kier alpha value is -2.36. The quantitative estimate of drug-likeness (QED) is 0.771. The number of imidazole rings is 1. The van der Waals surface area contributed by atoms with Crippen LogP contribution in [0.1, 0.15) is 12.7 Å². The molecule has 0 aliphatic heterocycles. The summed E-state index contributed by atoms with van der Waals surface area (Å²) in [5.41, 5.74) is 3.10. The number of fused-ring (bicyclic) bond motifs is 1. The van der Waals surface area contributed by atoms with E-state index in [0.29, 0.717) is 0 Å². The van der Waals surface area contributed by atoms with Gasteiger partial charge in [0.2, 0.25) is 0 Å². The van der Waals surface area contributed by atoms with Crippen LogP contribution in [0.5, 0.6) is 0 Å². The molecule has 0 atom stereocenters. The van der Waals surface area contributed by atoms with Gasteiger partial charge in [-0.3, -0.25) is 0 Å². The van der Waals surface area contributed by atoms with Crippen LogP contribution in [-0.2, 0) is 13.0 Å². The summed E-state index contributed by atoms with van der Waals surface area (Å²) < 4.78 is 2.18. The third kappa shape index (κ3) is 2.50. The van der Waals surface area contributed by atoms with E-state index < -0.39 is 0 Å². The molecule has 0 aliphatic rings. The van der Waals surface area contributed by atoms with Crippen molar-refractivity contribution >= 4 is 16.9 Å². The largest absolute Gasteiger partial charge is 0.385 e. The number of hydrogen-bond acceptors (Lipinski definition) is 3. The van der Waals surface area contributed by atoms with Crippen molar-refractivity contribution in [2.75, 3.05) is 11.9 Å². The van der Waals surface area contributed by atoms with E-state index in [9.17, 15) is 0 Å². The molecule has 20 heavy (non-hydrogen) atoms. The van der Waals surface area contributed by atoms with Crippen LogP contribution in [0, 0.1) is 0 Å². The van der Waals surface area contributed by atoms with Crippen molar-refractivity contribution in [1.82, 2.24) is 14.5 Å². The highest BCUT2D eigenvalue weighted by Gasteiger charge is 2.09. The third-order valence-corrected chi connectivity index (χ3v) is 3.35. The summed E-state index contributed by atoms with van der Waals surface area (Å²) in [6.07, 6.45) is 2.71. The maximum absolute atomic E-state index is 4.68. The number of nitrogens with one attached hydrogen (secondary N) is 1. The minimum Gasteiger partial charge on any atom is -0.385 e. The molecular formula is C16H18N4. The molecule has 0 bridgehead atoms. The van der Waals surface area contributed by atoms with E-state index in [4.69, 9.17) is 0 Å². The number of anilines is 1. The van der Waals surface area contributed by atoms with Crippen LogP contribution in [0.25, 0.3) is 11.2 Å².